The molecule has 0 amide bonds. The number of hydrogen-bond donors (Lipinski definition) is 2. The molecule has 0 aliphatic heterocycles. The van der Waals surface area contributed by atoms with Crippen LogP contribution in [0.15, 0.2) is 12.1 Å². The second kappa shape index (κ2) is 2.46. The predicted octanol–water partition coefficient (Wildman–Crippen LogP) is 0.985. The summed E-state index contributed by atoms with van der Waals surface area (Å²) >= 11 is 0. The Hall–Kier alpha value is -1.76. The van der Waals surface area contributed by atoms with Crippen LogP contribution in [0.1, 0.15) is 5.56 Å². The van der Waals surface area contributed by atoms with Gasteiger partial charge >= 0.3 is 0 Å². The minimum atomic E-state index is -0.721. The van der Waals surface area contributed by atoms with E-state index in [2.05, 4.69) is 0 Å². The van der Waals surface area contributed by atoms with E-state index < -0.39 is 5.82 Å². The molecule has 1 aromatic carbocycles. The summed E-state index contributed by atoms with van der Waals surface area (Å²) in [5, 5.41) is 17.2. The molecule has 0 aliphatic carbocycles. The first-order chi connectivity index (χ1) is 5.15. The summed E-state index contributed by atoms with van der Waals surface area (Å²) in [5.74, 6) is -1.11. The maximum absolute atomic E-state index is 12.5. The maximum Gasteiger partial charge on any atom is 0.149 e. The molecule has 0 bridgehead atoms. The van der Waals surface area contributed by atoms with Crippen molar-refractivity contribution in [2.45, 2.75) is 0 Å². The monoisotopic (exact) mass is 152 g/mol. The molecule has 0 saturated heterocycles. The lowest BCUT2D eigenvalue weighted by Gasteiger charge is -1.98. The number of halogens is 1. The van der Waals surface area contributed by atoms with Crippen molar-refractivity contribution in [2.75, 3.05) is 5.73 Å². The summed E-state index contributed by atoms with van der Waals surface area (Å²) in [6.45, 7) is 0. The van der Waals surface area contributed by atoms with E-state index in [1.54, 1.807) is 6.07 Å². The molecule has 56 valence electrons. The number of benzene rings is 1. The molecule has 3 N–H and O–H groups in total. The van der Waals surface area contributed by atoms with E-state index in [4.69, 9.17) is 16.1 Å². The van der Waals surface area contributed by atoms with Gasteiger partial charge < -0.3 is 10.8 Å². The molecule has 0 heterocycles. The molecule has 4 heteroatoms. The number of rotatable bonds is 0. The zero-order chi connectivity index (χ0) is 8.43. The van der Waals surface area contributed by atoms with Gasteiger partial charge in [-0.3, -0.25) is 0 Å². The standard InChI is InChI=1S/C7H5FN2O/c8-5-2-7(11)4(3-9)1-6(5)10/h1-2,11H,10H2. The van der Waals surface area contributed by atoms with Crippen molar-refractivity contribution in [3.63, 3.8) is 0 Å². The minimum Gasteiger partial charge on any atom is -0.506 e. The van der Waals surface area contributed by atoms with Crippen LogP contribution in [-0.2, 0) is 0 Å². The number of hydrogen-bond acceptors (Lipinski definition) is 3. The van der Waals surface area contributed by atoms with E-state index in [-0.39, 0.29) is 17.0 Å². The highest BCUT2D eigenvalue weighted by molar-refractivity contribution is 5.53. The largest absolute Gasteiger partial charge is 0.506 e. The summed E-state index contributed by atoms with van der Waals surface area (Å²) in [6, 6.07) is 3.57. The second-order valence-electron chi connectivity index (χ2n) is 2.00. The Labute approximate surface area is 62.5 Å². The van der Waals surface area contributed by atoms with Gasteiger partial charge in [-0.1, -0.05) is 0 Å². The van der Waals surface area contributed by atoms with Crippen LogP contribution in [-0.4, -0.2) is 5.11 Å². The summed E-state index contributed by atoms with van der Waals surface area (Å²) < 4.78 is 12.5. The number of nitrogen functional groups attached to an aromatic ring is 1. The van der Waals surface area contributed by atoms with Crippen LogP contribution in [0, 0.1) is 17.1 Å². The summed E-state index contributed by atoms with van der Waals surface area (Å²) in [7, 11) is 0. The van der Waals surface area contributed by atoms with Crippen molar-refractivity contribution in [2.24, 2.45) is 0 Å². The molecular weight excluding hydrogens is 147 g/mol. The number of nitrogens with two attached hydrogens (primary N) is 1. The van der Waals surface area contributed by atoms with Crippen molar-refractivity contribution >= 4 is 5.69 Å². The lowest BCUT2D eigenvalue weighted by molar-refractivity contribution is 0.468. The molecular formula is C7H5FN2O. The first-order valence-corrected chi connectivity index (χ1v) is 2.83. The van der Waals surface area contributed by atoms with E-state index in [1.807, 2.05) is 0 Å². The Bertz CT molecular complexity index is 330. The molecule has 3 nitrogen and oxygen atoms in total. The van der Waals surface area contributed by atoms with Crippen molar-refractivity contribution in [3.05, 3.63) is 23.5 Å². The topological polar surface area (TPSA) is 70.0 Å². The highest BCUT2D eigenvalue weighted by Crippen LogP contribution is 2.21. The van der Waals surface area contributed by atoms with Crippen LogP contribution in [0.25, 0.3) is 0 Å². The van der Waals surface area contributed by atoms with Gasteiger partial charge in [-0.05, 0) is 6.07 Å². The van der Waals surface area contributed by atoms with Crippen molar-refractivity contribution in [1.29, 1.82) is 5.26 Å². The number of anilines is 1. The molecule has 0 aliphatic rings. The van der Waals surface area contributed by atoms with Gasteiger partial charge in [0.25, 0.3) is 0 Å². The predicted molar refractivity (Wildman–Crippen MR) is 37.2 cm³/mol. The van der Waals surface area contributed by atoms with Crippen LogP contribution in [0.3, 0.4) is 0 Å². The summed E-state index contributed by atoms with van der Waals surface area (Å²) in [5.41, 5.74) is 4.96. The van der Waals surface area contributed by atoms with Crippen LogP contribution in [0.5, 0.6) is 5.75 Å². The average Bonchev–Trinajstić information content (AvgIpc) is 1.97. The fourth-order valence-electron chi connectivity index (χ4n) is 0.669. The van der Waals surface area contributed by atoms with Gasteiger partial charge in [-0.2, -0.15) is 5.26 Å². The normalized spacial score (nSPS) is 9.09. The van der Waals surface area contributed by atoms with Crippen molar-refractivity contribution in [1.82, 2.24) is 0 Å². The molecule has 0 atom stereocenters. The Balaban J connectivity index is 3.35. The number of nitriles is 1. The zero-order valence-corrected chi connectivity index (χ0v) is 5.50. The van der Waals surface area contributed by atoms with E-state index in [0.717, 1.165) is 12.1 Å². The third-order valence-corrected chi connectivity index (χ3v) is 1.24. The number of aromatic hydroxyl groups is 1. The van der Waals surface area contributed by atoms with E-state index >= 15 is 0 Å². The zero-order valence-electron chi connectivity index (χ0n) is 5.50. The molecule has 0 unspecified atom stereocenters. The molecule has 11 heavy (non-hydrogen) atoms. The third-order valence-electron chi connectivity index (χ3n) is 1.24. The Morgan fingerprint density at radius 2 is 2.18 bits per heavy atom. The quantitative estimate of drug-likeness (QED) is 0.430. The van der Waals surface area contributed by atoms with Gasteiger partial charge in [0, 0.05) is 6.07 Å². The third kappa shape index (κ3) is 1.22. The van der Waals surface area contributed by atoms with E-state index in [0.29, 0.717) is 0 Å². The Morgan fingerprint density at radius 3 is 2.73 bits per heavy atom. The molecule has 1 rings (SSSR count). The SMILES string of the molecule is N#Cc1cc(N)c(F)cc1O. The summed E-state index contributed by atoms with van der Waals surface area (Å²) in [4.78, 5) is 0. The highest BCUT2D eigenvalue weighted by Gasteiger charge is 2.04. The first kappa shape index (κ1) is 7.35. The highest BCUT2D eigenvalue weighted by atomic mass is 19.1. The van der Waals surface area contributed by atoms with E-state index in [9.17, 15) is 4.39 Å². The molecule has 0 radical (unpaired) electrons. The minimum absolute atomic E-state index is 0.0242. The van der Waals surface area contributed by atoms with Crippen LogP contribution >= 0.6 is 0 Å². The second-order valence-corrected chi connectivity index (χ2v) is 2.00. The number of phenolic OH excluding ortho intramolecular Hbond substituents is 1. The van der Waals surface area contributed by atoms with Gasteiger partial charge in [0.2, 0.25) is 0 Å². The molecule has 0 fully saturated rings. The van der Waals surface area contributed by atoms with Gasteiger partial charge in [0.15, 0.2) is 0 Å². The van der Waals surface area contributed by atoms with Crippen LogP contribution < -0.4 is 5.73 Å². The van der Waals surface area contributed by atoms with Gasteiger partial charge in [-0.25, -0.2) is 4.39 Å². The molecule has 0 aromatic heterocycles. The molecule has 0 spiro atoms. The van der Waals surface area contributed by atoms with Crippen LogP contribution in [0.2, 0.25) is 0 Å². The maximum atomic E-state index is 12.5. The van der Waals surface area contributed by atoms with Crippen LogP contribution in [0.4, 0.5) is 10.1 Å². The van der Waals surface area contributed by atoms with Crippen molar-refractivity contribution < 1.29 is 9.50 Å². The fourth-order valence-corrected chi connectivity index (χ4v) is 0.669. The number of phenols is 1. The molecule has 1 aromatic rings. The first-order valence-electron chi connectivity index (χ1n) is 2.83. The Morgan fingerprint density at radius 1 is 1.55 bits per heavy atom. The van der Waals surface area contributed by atoms with Gasteiger partial charge in [0.05, 0.1) is 11.3 Å². The lowest BCUT2D eigenvalue weighted by Crippen LogP contribution is -1.91. The van der Waals surface area contributed by atoms with Gasteiger partial charge in [-0.15, -0.1) is 0 Å². The Kier molecular flexibility index (Phi) is 1.65. The van der Waals surface area contributed by atoms with Crippen molar-refractivity contribution in [3.8, 4) is 11.8 Å². The smallest absolute Gasteiger partial charge is 0.149 e. The lowest BCUT2D eigenvalue weighted by atomic mass is 10.2. The summed E-state index contributed by atoms with van der Waals surface area (Å²) in [6.07, 6.45) is 0. The van der Waals surface area contributed by atoms with E-state index in [1.165, 1.54) is 0 Å². The number of nitrogens with zero attached hydrogens (tertiary/aromatic N) is 1. The van der Waals surface area contributed by atoms with Gasteiger partial charge in [0.1, 0.15) is 17.6 Å². The molecule has 0 saturated carbocycles. The average molecular weight is 152 g/mol. The fraction of sp³-hybridized carbons (Fsp3) is 0.